The number of alkyl halides is 3. The Hall–Kier alpha value is -1.11. The van der Waals surface area contributed by atoms with Crippen LogP contribution in [0.15, 0.2) is 22.9 Å². The van der Waals surface area contributed by atoms with Crippen LogP contribution in [0.1, 0.15) is 36.0 Å². The van der Waals surface area contributed by atoms with Gasteiger partial charge in [0, 0.05) is 22.9 Å². The highest BCUT2D eigenvalue weighted by Gasteiger charge is 2.45. The smallest absolute Gasteiger partial charge is 0.349 e. The third-order valence-electron chi connectivity index (χ3n) is 3.47. The maximum Gasteiger partial charge on any atom is 0.393 e. The minimum absolute atomic E-state index is 0.0746. The summed E-state index contributed by atoms with van der Waals surface area (Å²) in [6.07, 6.45) is 0.265. The lowest BCUT2D eigenvalue weighted by Gasteiger charge is -2.33. The molecular weight excluding hydrogens is 337 g/mol. The van der Waals surface area contributed by atoms with Crippen LogP contribution in [0.25, 0.3) is 0 Å². The lowest BCUT2D eigenvalue weighted by molar-refractivity contribution is -0.187. The van der Waals surface area contributed by atoms with E-state index in [2.05, 4.69) is 26.2 Å². The molecule has 1 N–H and O–H groups in total. The summed E-state index contributed by atoms with van der Waals surface area (Å²) >= 11 is 3.18. The van der Waals surface area contributed by atoms with Crippen molar-refractivity contribution < 1.29 is 18.0 Å². The average Bonchev–Trinajstić information content (AvgIpc) is 2.38. The van der Waals surface area contributed by atoms with Gasteiger partial charge in [-0.1, -0.05) is 12.8 Å². The monoisotopic (exact) mass is 350 g/mol. The summed E-state index contributed by atoms with van der Waals surface area (Å²) in [7, 11) is 0. The largest absolute Gasteiger partial charge is 0.393 e. The first-order valence-corrected chi connectivity index (χ1v) is 7.15. The van der Waals surface area contributed by atoms with Gasteiger partial charge < -0.3 is 5.32 Å². The Kier molecular flexibility index (Phi) is 4.67. The number of nitrogens with zero attached hydrogens (tertiary/aromatic N) is 1. The zero-order valence-electron chi connectivity index (χ0n) is 10.6. The Morgan fingerprint density at radius 2 is 2.00 bits per heavy atom. The maximum atomic E-state index is 12.9. The van der Waals surface area contributed by atoms with Crippen LogP contribution in [0.4, 0.5) is 13.2 Å². The molecule has 1 aromatic heterocycles. The van der Waals surface area contributed by atoms with E-state index in [9.17, 15) is 18.0 Å². The van der Waals surface area contributed by atoms with Crippen molar-refractivity contribution in [2.45, 2.75) is 37.9 Å². The molecule has 0 radical (unpaired) electrons. The van der Waals surface area contributed by atoms with Crippen LogP contribution in [0.2, 0.25) is 0 Å². The minimum atomic E-state index is -4.27. The quantitative estimate of drug-likeness (QED) is 0.883. The number of carbonyl (C=O) groups is 1. The summed E-state index contributed by atoms with van der Waals surface area (Å²) in [5.74, 6) is -1.97. The second kappa shape index (κ2) is 6.11. The van der Waals surface area contributed by atoms with E-state index in [0.717, 1.165) is 0 Å². The standard InChI is InChI=1S/C13H14BrF3N2O/c14-9-5-8(6-18-7-9)12(20)19-11-4-2-1-3-10(11)13(15,16)17/h5-7,10-11H,1-4H2,(H,19,20)/t10-,11+/m1/s1. The van der Waals surface area contributed by atoms with Gasteiger partial charge in [-0.2, -0.15) is 13.2 Å². The van der Waals surface area contributed by atoms with E-state index in [-0.39, 0.29) is 12.0 Å². The van der Waals surface area contributed by atoms with Crippen molar-refractivity contribution in [3.05, 3.63) is 28.5 Å². The first-order valence-electron chi connectivity index (χ1n) is 6.36. The highest BCUT2D eigenvalue weighted by molar-refractivity contribution is 9.10. The Morgan fingerprint density at radius 3 is 2.65 bits per heavy atom. The molecule has 0 saturated heterocycles. The van der Waals surface area contributed by atoms with Crippen LogP contribution in [-0.2, 0) is 0 Å². The zero-order valence-corrected chi connectivity index (χ0v) is 12.2. The van der Waals surface area contributed by atoms with Gasteiger partial charge in [-0.3, -0.25) is 9.78 Å². The number of aromatic nitrogens is 1. The lowest BCUT2D eigenvalue weighted by atomic mass is 9.84. The molecular formula is C13H14BrF3N2O. The zero-order chi connectivity index (χ0) is 14.8. The molecule has 0 spiro atoms. The number of amides is 1. The number of hydrogen-bond acceptors (Lipinski definition) is 2. The van der Waals surface area contributed by atoms with E-state index in [1.165, 1.54) is 18.5 Å². The molecule has 7 heteroatoms. The number of nitrogens with one attached hydrogen (secondary N) is 1. The maximum absolute atomic E-state index is 12.9. The van der Waals surface area contributed by atoms with Crippen molar-refractivity contribution in [1.29, 1.82) is 0 Å². The highest BCUT2D eigenvalue weighted by Crippen LogP contribution is 2.37. The minimum Gasteiger partial charge on any atom is -0.349 e. The van der Waals surface area contributed by atoms with E-state index in [1.54, 1.807) is 0 Å². The Bertz CT molecular complexity index is 493. The predicted octanol–water partition coefficient (Wildman–Crippen LogP) is 3.70. The van der Waals surface area contributed by atoms with Crippen molar-refractivity contribution in [3.63, 3.8) is 0 Å². The fourth-order valence-corrected chi connectivity index (χ4v) is 2.85. The molecule has 20 heavy (non-hydrogen) atoms. The molecule has 1 fully saturated rings. The Morgan fingerprint density at radius 1 is 1.30 bits per heavy atom. The molecule has 110 valence electrons. The molecule has 0 bridgehead atoms. The third kappa shape index (κ3) is 3.71. The van der Waals surface area contributed by atoms with E-state index >= 15 is 0 Å². The van der Waals surface area contributed by atoms with Gasteiger partial charge in [0.05, 0.1) is 11.5 Å². The lowest BCUT2D eigenvalue weighted by Crippen LogP contribution is -2.47. The van der Waals surface area contributed by atoms with Crippen molar-refractivity contribution in [2.75, 3.05) is 0 Å². The van der Waals surface area contributed by atoms with Gasteiger partial charge in [-0.25, -0.2) is 0 Å². The van der Waals surface area contributed by atoms with Gasteiger partial charge in [-0.05, 0) is 34.8 Å². The van der Waals surface area contributed by atoms with E-state index < -0.39 is 24.0 Å². The number of pyridine rings is 1. The summed E-state index contributed by atoms with van der Waals surface area (Å²) in [6, 6.07) is 0.684. The molecule has 2 atom stereocenters. The molecule has 1 amide bonds. The first-order chi connectivity index (χ1) is 9.38. The summed E-state index contributed by atoms with van der Waals surface area (Å²) in [6.45, 7) is 0. The second-order valence-electron chi connectivity index (χ2n) is 4.90. The van der Waals surface area contributed by atoms with Gasteiger partial charge >= 0.3 is 6.18 Å². The fraction of sp³-hybridized carbons (Fsp3) is 0.538. The third-order valence-corrected chi connectivity index (χ3v) is 3.90. The number of carbonyl (C=O) groups excluding carboxylic acids is 1. The van der Waals surface area contributed by atoms with Crippen LogP contribution in [0.3, 0.4) is 0 Å². The normalized spacial score (nSPS) is 23.4. The molecule has 0 aliphatic heterocycles. The van der Waals surface area contributed by atoms with Gasteiger partial charge in [0.25, 0.3) is 5.91 Å². The number of rotatable bonds is 2. The van der Waals surface area contributed by atoms with Crippen molar-refractivity contribution >= 4 is 21.8 Å². The molecule has 1 aliphatic rings. The van der Waals surface area contributed by atoms with Crippen LogP contribution in [0, 0.1) is 5.92 Å². The van der Waals surface area contributed by atoms with E-state index in [4.69, 9.17) is 0 Å². The Balaban J connectivity index is 2.09. The van der Waals surface area contributed by atoms with Crippen LogP contribution in [-0.4, -0.2) is 23.1 Å². The molecule has 3 nitrogen and oxygen atoms in total. The topological polar surface area (TPSA) is 42.0 Å². The molecule has 1 saturated carbocycles. The van der Waals surface area contributed by atoms with Gasteiger partial charge in [0.15, 0.2) is 0 Å². The molecule has 0 unspecified atom stereocenters. The summed E-state index contributed by atoms with van der Waals surface area (Å²) in [5, 5.41) is 2.50. The Labute approximate surface area is 123 Å². The van der Waals surface area contributed by atoms with Crippen LogP contribution < -0.4 is 5.32 Å². The van der Waals surface area contributed by atoms with Crippen LogP contribution >= 0.6 is 15.9 Å². The predicted molar refractivity (Wildman–Crippen MR) is 71.2 cm³/mol. The average molecular weight is 351 g/mol. The van der Waals surface area contributed by atoms with Gasteiger partial charge in [-0.15, -0.1) is 0 Å². The summed E-state index contributed by atoms with van der Waals surface area (Å²) in [4.78, 5) is 15.8. The van der Waals surface area contributed by atoms with Gasteiger partial charge in [0.1, 0.15) is 0 Å². The highest BCUT2D eigenvalue weighted by atomic mass is 79.9. The summed E-state index contributed by atoms with van der Waals surface area (Å²) < 4.78 is 39.4. The van der Waals surface area contributed by atoms with Crippen molar-refractivity contribution in [2.24, 2.45) is 5.92 Å². The molecule has 1 aromatic rings. The fourth-order valence-electron chi connectivity index (χ4n) is 2.48. The van der Waals surface area contributed by atoms with E-state index in [0.29, 0.717) is 23.7 Å². The molecule has 1 aliphatic carbocycles. The first kappa shape index (κ1) is 15.3. The molecule has 0 aromatic carbocycles. The molecule has 2 rings (SSSR count). The SMILES string of the molecule is O=C(N[C@H]1CCCC[C@H]1C(F)(F)F)c1cncc(Br)c1. The second-order valence-corrected chi connectivity index (χ2v) is 5.82. The van der Waals surface area contributed by atoms with Gasteiger partial charge in [0.2, 0.25) is 0 Å². The van der Waals surface area contributed by atoms with Crippen LogP contribution in [0.5, 0.6) is 0 Å². The summed E-state index contributed by atoms with van der Waals surface area (Å²) in [5.41, 5.74) is 0.255. The number of halogens is 4. The van der Waals surface area contributed by atoms with E-state index in [1.807, 2.05) is 0 Å². The molecule has 1 heterocycles. The van der Waals surface area contributed by atoms with Crippen molar-refractivity contribution in [1.82, 2.24) is 10.3 Å². The number of hydrogen-bond donors (Lipinski definition) is 1. The van der Waals surface area contributed by atoms with Crippen molar-refractivity contribution in [3.8, 4) is 0 Å².